The van der Waals surface area contributed by atoms with Crippen LogP contribution in [0.1, 0.15) is 85.3 Å². The summed E-state index contributed by atoms with van der Waals surface area (Å²) >= 11 is 0. The molecule has 3 aliphatic heterocycles. The summed E-state index contributed by atoms with van der Waals surface area (Å²) in [6.45, 7) is 19.6. The highest BCUT2D eigenvalue weighted by atomic mass is 16.6. The Morgan fingerprint density at radius 3 is 2.45 bits per heavy atom. The van der Waals surface area contributed by atoms with Gasteiger partial charge in [-0.05, 0) is 57.4 Å². The van der Waals surface area contributed by atoms with E-state index in [0.717, 1.165) is 0 Å². The lowest BCUT2D eigenvalue weighted by atomic mass is 9.70. The van der Waals surface area contributed by atoms with Crippen LogP contribution in [0.4, 0.5) is 0 Å². The van der Waals surface area contributed by atoms with E-state index in [-0.39, 0.29) is 43.3 Å². The fraction of sp³-hybridized carbons (Fsp3) is 0.622. The first-order valence-electron chi connectivity index (χ1n) is 16.8. The van der Waals surface area contributed by atoms with Crippen LogP contribution in [0, 0.1) is 17.3 Å². The minimum atomic E-state index is -1.25. The third-order valence-corrected chi connectivity index (χ3v) is 9.74. The molecule has 47 heavy (non-hydrogen) atoms. The van der Waals surface area contributed by atoms with Gasteiger partial charge in [0, 0.05) is 18.5 Å². The van der Waals surface area contributed by atoms with Crippen LogP contribution in [0.5, 0.6) is 0 Å². The van der Waals surface area contributed by atoms with Gasteiger partial charge in [-0.1, -0.05) is 63.3 Å². The predicted octanol–water partition coefficient (Wildman–Crippen LogP) is 4.34. The molecule has 258 valence electrons. The van der Waals surface area contributed by atoms with Gasteiger partial charge >= 0.3 is 5.97 Å². The number of likely N-dealkylation sites (tertiary alicyclic amines) is 1. The average molecular weight is 652 g/mol. The number of rotatable bonds is 15. The van der Waals surface area contributed by atoms with Gasteiger partial charge in [-0.3, -0.25) is 19.2 Å². The molecule has 1 aromatic rings. The van der Waals surface area contributed by atoms with E-state index in [0.29, 0.717) is 31.2 Å². The molecule has 3 heterocycles. The van der Waals surface area contributed by atoms with E-state index in [2.05, 4.69) is 39.2 Å². The number of esters is 1. The second kappa shape index (κ2) is 14.3. The Hall–Kier alpha value is -3.50. The number of hydrogen-bond donors (Lipinski definition) is 2. The van der Waals surface area contributed by atoms with Gasteiger partial charge in [0.05, 0.1) is 37.1 Å². The topological polar surface area (TPSA) is 125 Å². The number of fused-ring (bicyclic) bond motifs is 1. The number of hydrogen-bond acceptors (Lipinski definition) is 7. The van der Waals surface area contributed by atoms with Gasteiger partial charge < -0.3 is 29.7 Å². The van der Waals surface area contributed by atoms with Crippen LogP contribution in [0.2, 0.25) is 0 Å². The lowest BCUT2D eigenvalue weighted by Gasteiger charge is -2.46. The maximum Gasteiger partial charge on any atom is 0.313 e. The summed E-state index contributed by atoms with van der Waals surface area (Å²) in [6, 6.07) is 7.43. The van der Waals surface area contributed by atoms with Crippen LogP contribution >= 0.6 is 0 Å². The van der Waals surface area contributed by atoms with E-state index < -0.39 is 59.1 Å². The van der Waals surface area contributed by atoms with Crippen LogP contribution in [0.15, 0.2) is 55.6 Å². The molecule has 3 aliphatic rings. The zero-order chi connectivity index (χ0) is 34.7. The highest BCUT2D eigenvalue weighted by molar-refractivity contribution is 5.98. The fourth-order valence-corrected chi connectivity index (χ4v) is 8.15. The van der Waals surface area contributed by atoms with Crippen LogP contribution < -0.4 is 5.32 Å². The van der Waals surface area contributed by atoms with Crippen molar-refractivity contribution in [3.8, 4) is 0 Å². The molecule has 0 aliphatic carbocycles. The number of nitrogens with zero attached hydrogens (tertiary/aromatic N) is 2. The molecular formula is C37H53N3O7. The van der Waals surface area contributed by atoms with E-state index in [4.69, 9.17) is 9.47 Å². The number of nitrogens with one attached hydrogen (secondary N) is 1. The Labute approximate surface area is 279 Å². The van der Waals surface area contributed by atoms with E-state index >= 15 is 0 Å². The lowest BCUT2D eigenvalue weighted by molar-refractivity contribution is -0.161. The van der Waals surface area contributed by atoms with Crippen LogP contribution in [0.3, 0.4) is 0 Å². The minimum absolute atomic E-state index is 0.0574. The molecule has 0 radical (unpaired) electrons. The Bertz CT molecular complexity index is 1340. The Balaban J connectivity index is 1.68. The van der Waals surface area contributed by atoms with Gasteiger partial charge in [0.15, 0.2) is 0 Å². The number of aliphatic hydroxyl groups is 1. The molecule has 4 rings (SSSR count). The monoisotopic (exact) mass is 651 g/mol. The Morgan fingerprint density at radius 2 is 1.85 bits per heavy atom. The molecule has 3 amide bonds. The van der Waals surface area contributed by atoms with Crippen molar-refractivity contribution in [2.75, 3.05) is 19.7 Å². The molecule has 2 N–H and O–H groups in total. The maximum atomic E-state index is 14.8. The highest BCUT2D eigenvalue weighted by Gasteiger charge is 2.75. The smallest absolute Gasteiger partial charge is 0.313 e. The van der Waals surface area contributed by atoms with E-state index in [9.17, 15) is 24.3 Å². The van der Waals surface area contributed by atoms with Gasteiger partial charge in [-0.2, -0.15) is 0 Å². The number of amides is 3. The van der Waals surface area contributed by atoms with E-state index in [1.165, 1.54) is 4.90 Å². The van der Waals surface area contributed by atoms with E-state index in [1.54, 1.807) is 24.0 Å². The molecule has 10 heteroatoms. The van der Waals surface area contributed by atoms with Crippen molar-refractivity contribution in [3.63, 3.8) is 0 Å². The summed E-state index contributed by atoms with van der Waals surface area (Å²) in [5, 5.41) is 13.1. The van der Waals surface area contributed by atoms with Crippen molar-refractivity contribution >= 4 is 23.7 Å². The van der Waals surface area contributed by atoms with Crippen LogP contribution in [0.25, 0.3) is 0 Å². The average Bonchev–Trinajstić information content (AvgIpc) is 3.66. The van der Waals surface area contributed by atoms with Crippen molar-refractivity contribution in [2.24, 2.45) is 17.3 Å². The molecule has 0 aromatic heterocycles. The standard InChI is InChI=1S/C37H53N3O7/c1-9-11-17-28(42)38-21-27(25-15-13-12-14-16-25)46-34(45)29-26-18-19-37(47-26)30(29)32(43)40(24(3)22-41)31(37)33(44)39(20-10-2)36(7,8)23-35(4,5)6/h9-10,12-16,24,26-27,29-31,41H,1-2,11,17-23H2,3-8H3,(H,38,42)/t24-,26-,27-,29+,30+,31-,37+/m1/s1. The Morgan fingerprint density at radius 1 is 1.17 bits per heavy atom. The summed E-state index contributed by atoms with van der Waals surface area (Å²) in [5.41, 5.74) is -1.23. The van der Waals surface area contributed by atoms with Crippen LogP contribution in [-0.2, 0) is 28.7 Å². The molecule has 1 aromatic carbocycles. The molecule has 2 bridgehead atoms. The maximum absolute atomic E-state index is 14.8. The first-order valence-corrected chi connectivity index (χ1v) is 16.8. The summed E-state index contributed by atoms with van der Waals surface area (Å²) in [7, 11) is 0. The zero-order valence-corrected chi connectivity index (χ0v) is 28.9. The molecule has 0 saturated carbocycles. The SMILES string of the molecule is C=CCCC(=O)NC[C@@H](OC(=O)[C@@H]1[C@H]2C(=O)N([C@H](C)CO)[C@H](C(=O)N(CC=C)C(C)(C)CC(C)(C)C)[C@]23CC[C@H]1O3)c1ccccc1. The number of allylic oxidation sites excluding steroid dienone is 1. The normalized spacial score (nSPS) is 26.4. The van der Waals surface area contributed by atoms with Crippen LogP contribution in [-0.4, -0.2) is 87.6 Å². The zero-order valence-electron chi connectivity index (χ0n) is 28.9. The number of aliphatic hydroxyl groups excluding tert-OH is 1. The fourth-order valence-electron chi connectivity index (χ4n) is 8.15. The van der Waals surface area contributed by atoms with Gasteiger partial charge in [0.2, 0.25) is 17.7 Å². The first-order chi connectivity index (χ1) is 22.1. The molecular weight excluding hydrogens is 598 g/mol. The molecule has 10 nitrogen and oxygen atoms in total. The van der Waals surface area contributed by atoms with Crippen molar-refractivity contribution < 1.29 is 33.8 Å². The van der Waals surface area contributed by atoms with Crippen molar-refractivity contribution in [1.82, 2.24) is 15.1 Å². The molecule has 3 fully saturated rings. The van der Waals surface area contributed by atoms with Crippen molar-refractivity contribution in [3.05, 3.63) is 61.2 Å². The highest BCUT2D eigenvalue weighted by Crippen LogP contribution is 2.59. The van der Waals surface area contributed by atoms with Gasteiger partial charge in [0.1, 0.15) is 17.7 Å². The van der Waals surface area contributed by atoms with Gasteiger partial charge in [0.25, 0.3) is 0 Å². The molecule has 7 atom stereocenters. The second-order valence-corrected chi connectivity index (χ2v) is 15.1. The number of carbonyl (C=O) groups is 4. The summed E-state index contributed by atoms with van der Waals surface area (Å²) in [4.78, 5) is 59.0. The van der Waals surface area contributed by atoms with Gasteiger partial charge in [-0.15, -0.1) is 13.2 Å². The predicted molar refractivity (Wildman–Crippen MR) is 179 cm³/mol. The third-order valence-electron chi connectivity index (χ3n) is 9.74. The minimum Gasteiger partial charge on any atom is -0.455 e. The molecule has 1 spiro atoms. The summed E-state index contributed by atoms with van der Waals surface area (Å²) in [5.74, 6) is -3.37. The second-order valence-electron chi connectivity index (χ2n) is 15.1. The number of ether oxygens (including phenoxy) is 2. The molecule has 3 saturated heterocycles. The lowest BCUT2D eigenvalue weighted by Crippen LogP contribution is -2.62. The van der Waals surface area contributed by atoms with E-state index in [1.807, 2.05) is 44.2 Å². The van der Waals surface area contributed by atoms with Crippen molar-refractivity contribution in [2.45, 2.75) is 109 Å². The Kier molecular flexibility index (Phi) is 11.1. The summed E-state index contributed by atoms with van der Waals surface area (Å²) in [6.07, 6.45) is 4.33. The largest absolute Gasteiger partial charge is 0.455 e. The third kappa shape index (κ3) is 7.33. The number of benzene rings is 1. The van der Waals surface area contributed by atoms with Crippen molar-refractivity contribution in [1.29, 1.82) is 0 Å². The number of carbonyl (C=O) groups excluding carboxylic acids is 4. The quantitative estimate of drug-likeness (QED) is 0.214. The molecule has 0 unspecified atom stereocenters. The first kappa shape index (κ1) is 36.3. The summed E-state index contributed by atoms with van der Waals surface area (Å²) < 4.78 is 12.7. The van der Waals surface area contributed by atoms with Gasteiger partial charge in [-0.25, -0.2) is 0 Å².